The monoisotopic (exact) mass is 341 g/mol. The Balaban J connectivity index is 1.81. The fourth-order valence-electron chi connectivity index (χ4n) is 2.83. The predicted octanol–water partition coefficient (Wildman–Crippen LogP) is 4.87. The maximum Gasteiger partial charge on any atom is 0.139 e. The zero-order chi connectivity index (χ0) is 17.3. The SMILES string of the molecule is CCCCc1ccc(N2CC(O)=C(c3nc(C)c(C)s3)C2=N)cc1. The van der Waals surface area contributed by atoms with Gasteiger partial charge in [0, 0.05) is 10.6 Å². The second-order valence-electron chi connectivity index (χ2n) is 6.19. The molecular weight excluding hydrogens is 318 g/mol. The molecule has 0 bridgehead atoms. The molecule has 0 amide bonds. The summed E-state index contributed by atoms with van der Waals surface area (Å²) in [7, 11) is 0. The third-order valence-electron chi connectivity index (χ3n) is 4.41. The van der Waals surface area contributed by atoms with Crippen LogP contribution < -0.4 is 4.90 Å². The number of benzene rings is 1. The molecule has 0 aliphatic carbocycles. The highest BCUT2D eigenvalue weighted by atomic mass is 32.1. The fourth-order valence-corrected chi connectivity index (χ4v) is 3.81. The number of unbranched alkanes of at least 4 members (excludes halogenated alkanes) is 1. The van der Waals surface area contributed by atoms with Crippen molar-refractivity contribution < 1.29 is 5.11 Å². The Morgan fingerprint density at radius 3 is 2.54 bits per heavy atom. The van der Waals surface area contributed by atoms with E-state index in [4.69, 9.17) is 5.41 Å². The first kappa shape index (κ1) is 16.7. The molecule has 24 heavy (non-hydrogen) atoms. The van der Waals surface area contributed by atoms with Crippen LogP contribution in [0.4, 0.5) is 5.69 Å². The van der Waals surface area contributed by atoms with Crippen LogP contribution in [0.3, 0.4) is 0 Å². The molecule has 2 aromatic rings. The van der Waals surface area contributed by atoms with E-state index < -0.39 is 0 Å². The first-order valence-corrected chi connectivity index (χ1v) is 9.14. The van der Waals surface area contributed by atoms with Gasteiger partial charge in [0.2, 0.25) is 0 Å². The number of aliphatic hydroxyl groups is 1. The number of aryl methyl sites for hydroxylation is 3. The van der Waals surface area contributed by atoms with Crippen molar-refractivity contribution in [3.8, 4) is 0 Å². The number of rotatable bonds is 5. The number of anilines is 1. The Kier molecular flexibility index (Phi) is 4.71. The largest absolute Gasteiger partial charge is 0.510 e. The van der Waals surface area contributed by atoms with E-state index in [9.17, 15) is 5.11 Å². The van der Waals surface area contributed by atoms with Gasteiger partial charge in [-0.05, 0) is 44.4 Å². The van der Waals surface area contributed by atoms with Gasteiger partial charge in [-0.2, -0.15) is 0 Å². The van der Waals surface area contributed by atoms with E-state index in [1.807, 2.05) is 30.9 Å². The number of nitrogens with zero attached hydrogens (tertiary/aromatic N) is 2. The molecule has 0 unspecified atom stereocenters. The molecule has 0 atom stereocenters. The lowest BCUT2D eigenvalue weighted by Gasteiger charge is -2.19. The third-order valence-corrected chi connectivity index (χ3v) is 5.50. The molecule has 2 N–H and O–H groups in total. The Morgan fingerprint density at radius 2 is 1.96 bits per heavy atom. The van der Waals surface area contributed by atoms with Crippen molar-refractivity contribution in [3.05, 3.63) is 51.2 Å². The quantitative estimate of drug-likeness (QED) is 0.815. The minimum Gasteiger partial charge on any atom is -0.510 e. The molecule has 5 heteroatoms. The van der Waals surface area contributed by atoms with Gasteiger partial charge in [-0.3, -0.25) is 5.41 Å². The van der Waals surface area contributed by atoms with Crippen LogP contribution in [0.15, 0.2) is 30.0 Å². The Hall–Kier alpha value is -2.14. The standard InChI is InChI=1S/C19H23N3OS/c1-4-5-6-14-7-9-15(10-8-14)22-11-16(23)17(18(22)20)19-21-12(2)13(3)24-19/h7-10,20,23H,4-6,11H2,1-3H3. The molecule has 0 radical (unpaired) electrons. The van der Waals surface area contributed by atoms with Crippen LogP contribution in [-0.4, -0.2) is 22.5 Å². The van der Waals surface area contributed by atoms with E-state index in [0.29, 0.717) is 18.0 Å². The van der Waals surface area contributed by atoms with E-state index >= 15 is 0 Å². The van der Waals surface area contributed by atoms with Gasteiger partial charge in [0.15, 0.2) is 0 Å². The molecule has 126 valence electrons. The molecule has 1 aromatic heterocycles. The van der Waals surface area contributed by atoms with Crippen LogP contribution >= 0.6 is 11.3 Å². The smallest absolute Gasteiger partial charge is 0.139 e. The zero-order valence-corrected chi connectivity index (χ0v) is 15.2. The normalized spacial score (nSPS) is 14.8. The van der Waals surface area contributed by atoms with E-state index in [-0.39, 0.29) is 5.76 Å². The van der Waals surface area contributed by atoms with Gasteiger partial charge in [0.1, 0.15) is 16.6 Å². The number of nitrogens with one attached hydrogen (secondary N) is 1. The number of hydrogen-bond acceptors (Lipinski definition) is 4. The summed E-state index contributed by atoms with van der Waals surface area (Å²) in [6.45, 7) is 6.50. The van der Waals surface area contributed by atoms with Gasteiger partial charge in [0.25, 0.3) is 0 Å². The molecule has 1 aliphatic rings. The second kappa shape index (κ2) is 6.77. The van der Waals surface area contributed by atoms with E-state index in [1.165, 1.54) is 29.7 Å². The average molecular weight is 341 g/mol. The van der Waals surface area contributed by atoms with Crippen LogP contribution in [-0.2, 0) is 6.42 Å². The summed E-state index contributed by atoms with van der Waals surface area (Å²) in [5.74, 6) is 0.548. The van der Waals surface area contributed by atoms with Crippen LogP contribution in [0, 0.1) is 19.3 Å². The maximum absolute atomic E-state index is 10.4. The zero-order valence-electron chi connectivity index (χ0n) is 14.4. The third kappa shape index (κ3) is 3.08. The van der Waals surface area contributed by atoms with Crippen molar-refractivity contribution in [1.29, 1.82) is 5.41 Å². The van der Waals surface area contributed by atoms with Crippen LogP contribution in [0.2, 0.25) is 0 Å². The second-order valence-corrected chi connectivity index (χ2v) is 7.39. The lowest BCUT2D eigenvalue weighted by atomic mass is 10.1. The first-order chi connectivity index (χ1) is 11.5. The van der Waals surface area contributed by atoms with Crippen molar-refractivity contribution in [2.24, 2.45) is 0 Å². The molecule has 4 nitrogen and oxygen atoms in total. The Morgan fingerprint density at radius 1 is 1.25 bits per heavy atom. The summed E-state index contributed by atoms with van der Waals surface area (Å²) in [5.41, 5.74) is 3.77. The van der Waals surface area contributed by atoms with Crippen molar-refractivity contribution in [3.63, 3.8) is 0 Å². The fraction of sp³-hybridized carbons (Fsp3) is 0.368. The maximum atomic E-state index is 10.4. The molecule has 3 rings (SSSR count). The molecule has 2 heterocycles. The van der Waals surface area contributed by atoms with Crippen molar-refractivity contribution in [1.82, 2.24) is 4.98 Å². The molecule has 1 aliphatic heterocycles. The van der Waals surface area contributed by atoms with Crippen LogP contribution in [0.25, 0.3) is 5.57 Å². The predicted molar refractivity (Wildman–Crippen MR) is 101 cm³/mol. The number of aromatic nitrogens is 1. The molecule has 0 fully saturated rings. The minimum absolute atomic E-state index is 0.226. The molecule has 0 saturated carbocycles. The lowest BCUT2D eigenvalue weighted by molar-refractivity contribution is 0.411. The number of amidine groups is 1. The van der Waals surface area contributed by atoms with E-state index in [1.54, 1.807) is 0 Å². The van der Waals surface area contributed by atoms with Gasteiger partial charge >= 0.3 is 0 Å². The summed E-state index contributed by atoms with van der Waals surface area (Å²) in [6, 6.07) is 8.30. The Labute approximate surface area is 147 Å². The Bertz CT molecular complexity index is 770. The topological polar surface area (TPSA) is 60.2 Å². The number of hydrogen-bond donors (Lipinski definition) is 2. The van der Waals surface area contributed by atoms with Gasteiger partial charge < -0.3 is 10.0 Å². The highest BCUT2D eigenvalue weighted by Crippen LogP contribution is 2.34. The van der Waals surface area contributed by atoms with Crippen LogP contribution in [0.1, 0.15) is 40.9 Å². The van der Waals surface area contributed by atoms with Gasteiger partial charge in [0.05, 0.1) is 17.8 Å². The molecule has 0 saturated heterocycles. The van der Waals surface area contributed by atoms with Crippen molar-refractivity contribution in [2.75, 3.05) is 11.4 Å². The van der Waals surface area contributed by atoms with Gasteiger partial charge in [-0.25, -0.2) is 4.98 Å². The molecule has 1 aromatic carbocycles. The van der Waals surface area contributed by atoms with Crippen LogP contribution in [0.5, 0.6) is 0 Å². The first-order valence-electron chi connectivity index (χ1n) is 8.33. The highest BCUT2D eigenvalue weighted by Gasteiger charge is 2.31. The molecule has 0 spiro atoms. The summed E-state index contributed by atoms with van der Waals surface area (Å²) >= 11 is 1.53. The molecular formula is C19H23N3OS. The van der Waals surface area contributed by atoms with Crippen molar-refractivity contribution in [2.45, 2.75) is 40.0 Å². The summed E-state index contributed by atoms with van der Waals surface area (Å²) < 4.78 is 0. The number of thiazole rings is 1. The lowest BCUT2D eigenvalue weighted by Crippen LogP contribution is -2.25. The highest BCUT2D eigenvalue weighted by molar-refractivity contribution is 7.13. The van der Waals surface area contributed by atoms with E-state index in [2.05, 4.69) is 24.0 Å². The summed E-state index contributed by atoms with van der Waals surface area (Å²) in [5, 5.41) is 19.6. The van der Waals surface area contributed by atoms with E-state index in [0.717, 1.165) is 27.7 Å². The minimum atomic E-state index is 0.226. The van der Waals surface area contributed by atoms with Crippen molar-refractivity contribution >= 4 is 28.4 Å². The van der Waals surface area contributed by atoms with Gasteiger partial charge in [-0.15, -0.1) is 11.3 Å². The number of aliphatic hydroxyl groups excluding tert-OH is 1. The average Bonchev–Trinajstić information content (AvgIpc) is 3.05. The van der Waals surface area contributed by atoms with Gasteiger partial charge in [-0.1, -0.05) is 25.5 Å². The summed E-state index contributed by atoms with van der Waals surface area (Å²) in [4.78, 5) is 7.46. The summed E-state index contributed by atoms with van der Waals surface area (Å²) in [6.07, 6.45) is 3.46.